The van der Waals surface area contributed by atoms with Gasteiger partial charge in [-0.3, -0.25) is 9.59 Å². The standard InChI is InChI=1S/C16H16O3S/c1-11-3-5-12(6-4-11)9-14(17)15-8-7-13(20-15)10-16(18)19-2/h3-8H,9-10H2,1-2H3. The fourth-order valence-corrected chi connectivity index (χ4v) is 2.75. The first-order chi connectivity index (χ1) is 9.58. The molecule has 0 fully saturated rings. The van der Waals surface area contributed by atoms with E-state index in [9.17, 15) is 9.59 Å². The van der Waals surface area contributed by atoms with E-state index in [1.807, 2.05) is 37.3 Å². The molecule has 20 heavy (non-hydrogen) atoms. The van der Waals surface area contributed by atoms with Gasteiger partial charge in [-0.25, -0.2) is 0 Å². The molecular weight excluding hydrogens is 272 g/mol. The van der Waals surface area contributed by atoms with Crippen LogP contribution in [0.1, 0.15) is 25.7 Å². The number of hydrogen-bond acceptors (Lipinski definition) is 4. The number of Topliss-reactive ketones (excluding diaryl/α,β-unsaturated/α-hetero) is 1. The lowest BCUT2D eigenvalue weighted by Gasteiger charge is -2.00. The van der Waals surface area contributed by atoms with E-state index in [-0.39, 0.29) is 18.2 Å². The molecule has 0 aliphatic heterocycles. The zero-order valence-corrected chi connectivity index (χ0v) is 12.3. The van der Waals surface area contributed by atoms with Gasteiger partial charge in [-0.05, 0) is 24.6 Å². The Morgan fingerprint density at radius 3 is 2.40 bits per heavy atom. The highest BCUT2D eigenvalue weighted by Crippen LogP contribution is 2.19. The number of methoxy groups -OCH3 is 1. The molecule has 104 valence electrons. The second-order valence-electron chi connectivity index (χ2n) is 4.60. The van der Waals surface area contributed by atoms with Crippen LogP contribution in [0.2, 0.25) is 0 Å². The van der Waals surface area contributed by atoms with Crippen LogP contribution >= 0.6 is 11.3 Å². The molecule has 0 unspecified atom stereocenters. The van der Waals surface area contributed by atoms with Crippen LogP contribution in [-0.4, -0.2) is 18.9 Å². The fourth-order valence-electron chi connectivity index (χ4n) is 1.82. The number of carbonyl (C=O) groups excluding carboxylic acids is 2. The molecule has 4 heteroatoms. The van der Waals surface area contributed by atoms with E-state index in [1.165, 1.54) is 24.0 Å². The Balaban J connectivity index is 2.02. The van der Waals surface area contributed by atoms with Gasteiger partial charge in [0.25, 0.3) is 0 Å². The van der Waals surface area contributed by atoms with E-state index in [0.717, 1.165) is 10.4 Å². The zero-order chi connectivity index (χ0) is 14.5. The first-order valence-corrected chi connectivity index (χ1v) is 7.14. The van der Waals surface area contributed by atoms with Gasteiger partial charge in [0.2, 0.25) is 0 Å². The van der Waals surface area contributed by atoms with Crippen molar-refractivity contribution in [1.29, 1.82) is 0 Å². The minimum Gasteiger partial charge on any atom is -0.469 e. The van der Waals surface area contributed by atoms with Crippen LogP contribution in [0, 0.1) is 6.92 Å². The molecule has 0 aliphatic rings. The summed E-state index contributed by atoms with van der Waals surface area (Å²) in [6, 6.07) is 11.5. The Kier molecular flexibility index (Phi) is 4.69. The van der Waals surface area contributed by atoms with E-state index in [2.05, 4.69) is 4.74 Å². The predicted octanol–water partition coefficient (Wildman–Crippen LogP) is 3.20. The summed E-state index contributed by atoms with van der Waals surface area (Å²) < 4.78 is 4.61. The average Bonchev–Trinajstić information content (AvgIpc) is 2.89. The van der Waals surface area contributed by atoms with Crippen molar-refractivity contribution >= 4 is 23.1 Å². The second-order valence-corrected chi connectivity index (χ2v) is 5.77. The van der Waals surface area contributed by atoms with Gasteiger partial charge in [0.1, 0.15) is 0 Å². The van der Waals surface area contributed by atoms with E-state index < -0.39 is 0 Å². The largest absolute Gasteiger partial charge is 0.469 e. The van der Waals surface area contributed by atoms with Crippen molar-refractivity contribution in [2.75, 3.05) is 7.11 Å². The van der Waals surface area contributed by atoms with Crippen LogP contribution in [0.15, 0.2) is 36.4 Å². The number of thiophene rings is 1. The molecule has 2 rings (SSSR count). The predicted molar refractivity (Wildman–Crippen MR) is 79.3 cm³/mol. The van der Waals surface area contributed by atoms with E-state index >= 15 is 0 Å². The van der Waals surface area contributed by atoms with Gasteiger partial charge in [0, 0.05) is 11.3 Å². The molecule has 0 atom stereocenters. The van der Waals surface area contributed by atoms with Gasteiger partial charge in [-0.1, -0.05) is 29.8 Å². The number of aryl methyl sites for hydroxylation is 1. The molecule has 0 aliphatic carbocycles. The van der Waals surface area contributed by atoms with E-state index in [0.29, 0.717) is 11.3 Å². The molecule has 1 aromatic carbocycles. The van der Waals surface area contributed by atoms with Crippen LogP contribution in [-0.2, 0) is 22.4 Å². The molecule has 0 saturated carbocycles. The number of ketones is 1. The van der Waals surface area contributed by atoms with Crippen molar-refractivity contribution in [3.05, 3.63) is 57.3 Å². The van der Waals surface area contributed by atoms with Crippen molar-refractivity contribution < 1.29 is 14.3 Å². The van der Waals surface area contributed by atoms with Crippen LogP contribution in [0.5, 0.6) is 0 Å². The highest BCUT2D eigenvalue weighted by molar-refractivity contribution is 7.14. The lowest BCUT2D eigenvalue weighted by molar-refractivity contribution is -0.139. The number of benzene rings is 1. The third kappa shape index (κ3) is 3.78. The van der Waals surface area contributed by atoms with Crippen LogP contribution in [0.3, 0.4) is 0 Å². The topological polar surface area (TPSA) is 43.4 Å². The monoisotopic (exact) mass is 288 g/mol. The first kappa shape index (κ1) is 14.5. The van der Waals surface area contributed by atoms with Gasteiger partial charge in [-0.2, -0.15) is 0 Å². The average molecular weight is 288 g/mol. The molecule has 0 amide bonds. The van der Waals surface area contributed by atoms with Gasteiger partial charge in [-0.15, -0.1) is 11.3 Å². The molecule has 3 nitrogen and oxygen atoms in total. The van der Waals surface area contributed by atoms with Crippen molar-refractivity contribution in [3.63, 3.8) is 0 Å². The highest BCUT2D eigenvalue weighted by atomic mass is 32.1. The third-order valence-corrected chi connectivity index (χ3v) is 4.09. The summed E-state index contributed by atoms with van der Waals surface area (Å²) in [4.78, 5) is 24.9. The second kappa shape index (κ2) is 6.48. The SMILES string of the molecule is COC(=O)Cc1ccc(C(=O)Cc2ccc(C)cc2)s1. The number of hydrogen-bond donors (Lipinski definition) is 0. The molecule has 0 radical (unpaired) electrons. The molecule has 0 bridgehead atoms. The fraction of sp³-hybridized carbons (Fsp3) is 0.250. The van der Waals surface area contributed by atoms with Gasteiger partial charge in [0.15, 0.2) is 5.78 Å². The first-order valence-electron chi connectivity index (χ1n) is 6.33. The molecule has 1 heterocycles. The summed E-state index contributed by atoms with van der Waals surface area (Å²) in [7, 11) is 1.36. The Labute approximate surface area is 122 Å². The minimum absolute atomic E-state index is 0.0787. The van der Waals surface area contributed by atoms with Crippen molar-refractivity contribution in [3.8, 4) is 0 Å². The Hall–Kier alpha value is -1.94. The Bertz CT molecular complexity index is 611. The van der Waals surface area contributed by atoms with Gasteiger partial charge >= 0.3 is 5.97 Å². The summed E-state index contributed by atoms with van der Waals surface area (Å²) >= 11 is 1.36. The van der Waals surface area contributed by atoms with Gasteiger partial charge in [0.05, 0.1) is 18.4 Å². The maximum absolute atomic E-state index is 12.2. The summed E-state index contributed by atoms with van der Waals surface area (Å²) in [6.07, 6.45) is 0.609. The van der Waals surface area contributed by atoms with Crippen LogP contribution < -0.4 is 0 Å². The lowest BCUT2D eigenvalue weighted by Crippen LogP contribution is -2.03. The minimum atomic E-state index is -0.288. The molecule has 0 saturated heterocycles. The summed E-state index contributed by atoms with van der Waals surface area (Å²) in [5.41, 5.74) is 2.18. The van der Waals surface area contributed by atoms with Gasteiger partial charge < -0.3 is 4.74 Å². The molecule has 2 aromatic rings. The van der Waals surface area contributed by atoms with Crippen LogP contribution in [0.4, 0.5) is 0 Å². The number of carbonyl (C=O) groups is 2. The molecular formula is C16H16O3S. The maximum Gasteiger partial charge on any atom is 0.310 e. The number of rotatable bonds is 5. The number of esters is 1. The van der Waals surface area contributed by atoms with Crippen molar-refractivity contribution in [2.24, 2.45) is 0 Å². The molecule has 1 aromatic heterocycles. The third-order valence-electron chi connectivity index (χ3n) is 2.97. The zero-order valence-electron chi connectivity index (χ0n) is 11.5. The summed E-state index contributed by atoms with van der Waals surface area (Å²) in [5, 5.41) is 0. The van der Waals surface area contributed by atoms with Crippen molar-refractivity contribution in [1.82, 2.24) is 0 Å². The summed E-state index contributed by atoms with van der Waals surface area (Å²) in [6.45, 7) is 2.02. The van der Waals surface area contributed by atoms with Crippen LogP contribution in [0.25, 0.3) is 0 Å². The van der Waals surface area contributed by atoms with E-state index in [1.54, 1.807) is 6.07 Å². The Morgan fingerprint density at radius 1 is 1.05 bits per heavy atom. The normalized spacial score (nSPS) is 10.3. The highest BCUT2D eigenvalue weighted by Gasteiger charge is 2.12. The summed E-state index contributed by atoms with van der Waals surface area (Å²) in [5.74, 6) is -0.209. The smallest absolute Gasteiger partial charge is 0.310 e. The lowest BCUT2D eigenvalue weighted by atomic mass is 10.1. The Morgan fingerprint density at radius 2 is 1.75 bits per heavy atom. The maximum atomic E-state index is 12.2. The molecule has 0 spiro atoms. The van der Waals surface area contributed by atoms with Crippen molar-refractivity contribution in [2.45, 2.75) is 19.8 Å². The van der Waals surface area contributed by atoms with E-state index in [4.69, 9.17) is 0 Å². The number of ether oxygens (including phenoxy) is 1. The molecule has 0 N–H and O–H groups in total. The quantitative estimate of drug-likeness (QED) is 0.627.